The van der Waals surface area contributed by atoms with Crippen LogP contribution in [-0.2, 0) is 19.1 Å². The quantitative estimate of drug-likeness (QED) is 0.174. The van der Waals surface area contributed by atoms with E-state index in [1.807, 2.05) is 70.2 Å². The van der Waals surface area contributed by atoms with E-state index in [1.165, 1.54) is 0 Å². The number of fused-ring (bicyclic) bond motifs is 1. The van der Waals surface area contributed by atoms with Crippen molar-refractivity contribution in [2.45, 2.75) is 84.0 Å². The first-order chi connectivity index (χ1) is 23.5. The van der Waals surface area contributed by atoms with Gasteiger partial charge in [0.2, 0.25) is 11.8 Å². The summed E-state index contributed by atoms with van der Waals surface area (Å²) in [6.45, 7) is 19.3. The number of hydrogen-bond donors (Lipinski definition) is 1. The van der Waals surface area contributed by atoms with Gasteiger partial charge in [-0.2, -0.15) is 0 Å². The average Bonchev–Trinajstić information content (AvgIpc) is 3.59. The molecule has 3 amide bonds. The van der Waals surface area contributed by atoms with Crippen LogP contribution in [0.25, 0.3) is 0 Å². The molecular formula is C40H53N3O6. The van der Waals surface area contributed by atoms with Gasteiger partial charge in [0.1, 0.15) is 17.4 Å². The summed E-state index contributed by atoms with van der Waals surface area (Å²) in [6, 6.07) is 12.5. The smallest absolute Gasteiger partial charge is 0.253 e. The van der Waals surface area contributed by atoms with Gasteiger partial charge < -0.3 is 29.3 Å². The Balaban J connectivity index is 1.59. The fraction of sp³-hybridized carbons (Fsp3) is 0.525. The van der Waals surface area contributed by atoms with Crippen LogP contribution < -0.4 is 14.5 Å². The van der Waals surface area contributed by atoms with Crippen molar-refractivity contribution in [3.8, 4) is 5.75 Å². The highest BCUT2D eigenvalue weighted by Gasteiger charge is 2.80. The lowest BCUT2D eigenvalue weighted by molar-refractivity contribution is -0.145. The molecule has 0 radical (unpaired) electrons. The molecule has 49 heavy (non-hydrogen) atoms. The molecule has 0 aromatic heterocycles. The summed E-state index contributed by atoms with van der Waals surface area (Å²) in [5.74, 6) is -1.67. The zero-order valence-corrected chi connectivity index (χ0v) is 29.8. The number of unbranched alkanes of at least 4 members (excludes halogenated alkanes) is 3. The lowest BCUT2D eigenvalue weighted by Gasteiger charge is -2.39. The molecule has 3 fully saturated rings. The van der Waals surface area contributed by atoms with Crippen molar-refractivity contribution in [1.82, 2.24) is 4.90 Å². The highest BCUT2D eigenvalue weighted by atomic mass is 16.5. The molecule has 9 heteroatoms. The standard InChI is InChI=1S/C40H53N3O6/c1-8-21-41(30-17-19-31(20-18-30)48-10-3)36(45)33-34-37(46)43(23-13-11-12-14-24-44)35(40(34)26-29(6)39(33,7)49-40)38(47)42(22-9-2)32-25-27(4)15-16-28(32)5/h8-9,15-20,25,29,33-35,44H,1-2,10-14,21-24,26H2,3-7H3/t29?,33-,34-,35?,39+,40?/m0/s1. The van der Waals surface area contributed by atoms with Crippen molar-refractivity contribution >= 4 is 29.1 Å². The Hall–Kier alpha value is -3.95. The lowest BCUT2D eigenvalue weighted by Crippen LogP contribution is -2.57. The Morgan fingerprint density at radius 2 is 1.69 bits per heavy atom. The number of likely N-dealkylation sites (tertiary alicyclic amines) is 1. The number of carbonyl (C=O) groups excluding carboxylic acids is 3. The molecule has 264 valence electrons. The maximum absolute atomic E-state index is 15.1. The molecule has 0 saturated carbocycles. The Bertz CT molecular complexity index is 1560. The molecule has 2 aromatic rings. The third kappa shape index (κ3) is 6.43. The van der Waals surface area contributed by atoms with E-state index in [9.17, 15) is 14.7 Å². The van der Waals surface area contributed by atoms with Gasteiger partial charge in [-0.1, -0.05) is 44.1 Å². The van der Waals surface area contributed by atoms with Crippen LogP contribution in [-0.4, -0.2) is 77.8 Å². The zero-order chi connectivity index (χ0) is 35.5. The maximum atomic E-state index is 15.1. The van der Waals surface area contributed by atoms with Gasteiger partial charge in [0.25, 0.3) is 5.91 Å². The number of ether oxygens (including phenoxy) is 2. The van der Waals surface area contributed by atoms with Crippen LogP contribution in [0.4, 0.5) is 11.4 Å². The normalized spacial score (nSPS) is 26.8. The second kappa shape index (κ2) is 14.9. The molecule has 3 saturated heterocycles. The van der Waals surface area contributed by atoms with E-state index < -0.39 is 29.1 Å². The third-order valence-electron chi connectivity index (χ3n) is 10.9. The van der Waals surface area contributed by atoms with Crippen LogP contribution in [0.2, 0.25) is 0 Å². The number of aryl methyl sites for hydroxylation is 2. The second-order valence-corrected chi connectivity index (χ2v) is 14.1. The monoisotopic (exact) mass is 671 g/mol. The van der Waals surface area contributed by atoms with Gasteiger partial charge in [-0.15, -0.1) is 13.2 Å². The van der Waals surface area contributed by atoms with Crippen molar-refractivity contribution in [2.24, 2.45) is 17.8 Å². The first-order valence-corrected chi connectivity index (χ1v) is 17.7. The number of aliphatic hydroxyl groups excluding tert-OH is 1. The molecule has 1 spiro atoms. The minimum absolute atomic E-state index is 0.0928. The van der Waals surface area contributed by atoms with E-state index in [0.717, 1.165) is 29.7 Å². The van der Waals surface area contributed by atoms with Crippen LogP contribution in [0.5, 0.6) is 5.75 Å². The van der Waals surface area contributed by atoms with Gasteiger partial charge in [-0.25, -0.2) is 0 Å². The Kier molecular flexibility index (Phi) is 11.0. The number of carbonyl (C=O) groups is 3. The number of benzene rings is 2. The zero-order valence-electron chi connectivity index (χ0n) is 29.8. The number of rotatable bonds is 16. The molecule has 3 aliphatic heterocycles. The van der Waals surface area contributed by atoms with Gasteiger partial charge in [0.15, 0.2) is 0 Å². The van der Waals surface area contributed by atoms with Crippen molar-refractivity contribution in [3.63, 3.8) is 0 Å². The van der Waals surface area contributed by atoms with E-state index in [0.29, 0.717) is 43.9 Å². The number of nitrogens with zero attached hydrogens (tertiary/aromatic N) is 3. The van der Waals surface area contributed by atoms with Gasteiger partial charge in [0, 0.05) is 37.6 Å². The minimum atomic E-state index is -1.18. The predicted octanol–water partition coefficient (Wildman–Crippen LogP) is 6.00. The van der Waals surface area contributed by atoms with Crippen LogP contribution in [0, 0.1) is 31.6 Å². The van der Waals surface area contributed by atoms with E-state index in [-0.39, 0.29) is 43.3 Å². The van der Waals surface area contributed by atoms with Crippen molar-refractivity contribution in [3.05, 3.63) is 78.9 Å². The van der Waals surface area contributed by atoms with E-state index >= 15 is 4.79 Å². The van der Waals surface area contributed by atoms with Crippen molar-refractivity contribution in [1.29, 1.82) is 0 Å². The van der Waals surface area contributed by atoms with Crippen LogP contribution in [0.1, 0.15) is 64.0 Å². The summed E-state index contributed by atoms with van der Waals surface area (Å²) in [6.07, 6.45) is 6.86. The van der Waals surface area contributed by atoms with Crippen LogP contribution >= 0.6 is 0 Å². The summed E-state index contributed by atoms with van der Waals surface area (Å²) in [5.41, 5.74) is 1.26. The molecule has 2 bridgehead atoms. The molecular weight excluding hydrogens is 618 g/mol. The molecule has 2 aromatic carbocycles. The fourth-order valence-corrected chi connectivity index (χ4v) is 8.48. The van der Waals surface area contributed by atoms with E-state index in [4.69, 9.17) is 9.47 Å². The predicted molar refractivity (Wildman–Crippen MR) is 193 cm³/mol. The maximum Gasteiger partial charge on any atom is 0.253 e. The van der Waals surface area contributed by atoms with E-state index in [2.05, 4.69) is 20.1 Å². The highest BCUT2D eigenvalue weighted by molar-refractivity contribution is 6.07. The fourth-order valence-electron chi connectivity index (χ4n) is 8.48. The molecule has 9 nitrogen and oxygen atoms in total. The molecule has 0 aliphatic carbocycles. The molecule has 6 atom stereocenters. The summed E-state index contributed by atoms with van der Waals surface area (Å²) < 4.78 is 12.7. The van der Waals surface area contributed by atoms with E-state index in [1.54, 1.807) is 26.9 Å². The molecule has 3 unspecified atom stereocenters. The molecule has 3 aliphatic rings. The first kappa shape index (κ1) is 36.3. The minimum Gasteiger partial charge on any atom is -0.494 e. The number of aliphatic hydroxyl groups is 1. The Labute approximate surface area is 291 Å². The third-order valence-corrected chi connectivity index (χ3v) is 10.9. The second-order valence-electron chi connectivity index (χ2n) is 14.1. The summed E-state index contributed by atoms with van der Waals surface area (Å²) in [4.78, 5) is 49.9. The largest absolute Gasteiger partial charge is 0.494 e. The summed E-state index contributed by atoms with van der Waals surface area (Å²) in [5, 5.41) is 9.32. The first-order valence-electron chi connectivity index (χ1n) is 17.7. The van der Waals surface area contributed by atoms with Gasteiger partial charge >= 0.3 is 0 Å². The lowest BCUT2D eigenvalue weighted by atomic mass is 9.62. The van der Waals surface area contributed by atoms with Crippen molar-refractivity contribution in [2.75, 3.05) is 42.6 Å². The summed E-state index contributed by atoms with van der Waals surface area (Å²) in [7, 11) is 0. The summed E-state index contributed by atoms with van der Waals surface area (Å²) >= 11 is 0. The van der Waals surface area contributed by atoms with Crippen LogP contribution in [0.3, 0.4) is 0 Å². The number of amides is 3. The molecule has 5 rings (SSSR count). The van der Waals surface area contributed by atoms with Crippen LogP contribution in [0.15, 0.2) is 67.8 Å². The SMILES string of the molecule is C=CCN(C(=O)[C@@H]1[C@H]2C(=O)N(CCCCCCO)C(C(=O)N(CC=C)c3cc(C)ccc3C)C23CC(C)[C@@]1(C)O3)c1ccc(OCC)cc1. The van der Waals surface area contributed by atoms with Crippen molar-refractivity contribution < 1.29 is 29.0 Å². The topological polar surface area (TPSA) is 99.6 Å². The van der Waals surface area contributed by atoms with Gasteiger partial charge in [-0.05, 0) is 94.3 Å². The van der Waals surface area contributed by atoms with Gasteiger partial charge in [0.05, 0.1) is 24.0 Å². The highest BCUT2D eigenvalue weighted by Crippen LogP contribution is 2.65. The Morgan fingerprint density at radius 3 is 2.35 bits per heavy atom. The number of hydrogen-bond acceptors (Lipinski definition) is 6. The number of anilines is 2. The van der Waals surface area contributed by atoms with Gasteiger partial charge in [-0.3, -0.25) is 14.4 Å². The molecule has 3 heterocycles. The molecule has 1 N–H and O–H groups in total. The average molecular weight is 672 g/mol. The Morgan fingerprint density at radius 1 is 1.02 bits per heavy atom.